The fourth-order valence-corrected chi connectivity index (χ4v) is 1.97. The maximum Gasteiger partial charge on any atom is 0.274 e. The summed E-state index contributed by atoms with van der Waals surface area (Å²) in [5.74, 6) is 1.24. The number of rotatable bonds is 6. The second-order valence-corrected chi connectivity index (χ2v) is 5.45. The highest BCUT2D eigenvalue weighted by atomic mass is 16.2. The molecule has 0 aliphatic heterocycles. The van der Waals surface area contributed by atoms with Crippen molar-refractivity contribution in [3.8, 4) is 0 Å². The van der Waals surface area contributed by atoms with Crippen LogP contribution in [-0.4, -0.2) is 40.4 Å². The van der Waals surface area contributed by atoms with Crippen molar-refractivity contribution >= 4 is 11.7 Å². The number of carbonyl (C=O) groups is 1. The Morgan fingerprint density at radius 1 is 1.47 bits per heavy atom. The summed E-state index contributed by atoms with van der Waals surface area (Å²) in [5, 5.41) is 2.91. The van der Waals surface area contributed by atoms with E-state index in [1.165, 1.54) is 0 Å². The lowest BCUT2D eigenvalue weighted by Crippen LogP contribution is -2.35. The van der Waals surface area contributed by atoms with Crippen molar-refractivity contribution in [1.29, 1.82) is 0 Å². The van der Waals surface area contributed by atoms with Crippen molar-refractivity contribution in [1.82, 2.24) is 14.9 Å². The molecule has 1 amide bonds. The van der Waals surface area contributed by atoms with Crippen LogP contribution in [0.15, 0.2) is 12.4 Å². The summed E-state index contributed by atoms with van der Waals surface area (Å²) in [5.41, 5.74) is 0.433. The van der Waals surface area contributed by atoms with E-state index in [0.29, 0.717) is 23.5 Å². The number of aromatic nitrogens is 2. The molecular formula is C14H22N4O. The van der Waals surface area contributed by atoms with Crippen LogP contribution in [0.25, 0.3) is 0 Å². The van der Waals surface area contributed by atoms with Crippen LogP contribution in [-0.2, 0) is 0 Å². The number of amides is 1. The quantitative estimate of drug-likeness (QED) is 0.853. The minimum atomic E-state index is 0.00718. The largest absolute Gasteiger partial charge is 0.372 e. The Balaban J connectivity index is 2.09. The van der Waals surface area contributed by atoms with Crippen LogP contribution in [0.4, 0.5) is 5.82 Å². The van der Waals surface area contributed by atoms with Crippen molar-refractivity contribution in [2.24, 2.45) is 5.92 Å². The zero-order valence-corrected chi connectivity index (χ0v) is 11.9. The first-order valence-electron chi connectivity index (χ1n) is 6.92. The fraction of sp³-hybridized carbons (Fsp3) is 0.643. The Kier molecular flexibility index (Phi) is 4.35. The fourth-order valence-electron chi connectivity index (χ4n) is 1.97. The number of carbonyl (C=O) groups excluding carboxylic acids is 1. The summed E-state index contributed by atoms with van der Waals surface area (Å²) < 4.78 is 0. The lowest BCUT2D eigenvalue weighted by atomic mass is 10.1. The number of nitrogens with zero attached hydrogens (tertiary/aromatic N) is 3. The molecule has 1 heterocycles. The molecule has 0 unspecified atom stereocenters. The molecule has 5 nitrogen and oxygen atoms in total. The average Bonchev–Trinajstić information content (AvgIpc) is 3.23. The van der Waals surface area contributed by atoms with Gasteiger partial charge in [0, 0.05) is 19.6 Å². The van der Waals surface area contributed by atoms with E-state index in [1.54, 1.807) is 19.4 Å². The third kappa shape index (κ3) is 3.66. The van der Waals surface area contributed by atoms with Gasteiger partial charge < -0.3 is 10.2 Å². The Labute approximate surface area is 114 Å². The first-order valence-corrected chi connectivity index (χ1v) is 6.92. The van der Waals surface area contributed by atoms with Crippen LogP contribution in [0.3, 0.4) is 0 Å². The Hall–Kier alpha value is -1.65. The molecule has 1 aliphatic carbocycles. The van der Waals surface area contributed by atoms with E-state index < -0.39 is 0 Å². The van der Waals surface area contributed by atoms with Crippen LogP contribution in [0.2, 0.25) is 0 Å². The van der Waals surface area contributed by atoms with Gasteiger partial charge in [0.25, 0.3) is 5.91 Å². The molecule has 2 rings (SSSR count). The molecule has 1 N–H and O–H groups in total. The van der Waals surface area contributed by atoms with Gasteiger partial charge in [-0.25, -0.2) is 4.98 Å². The lowest BCUT2D eigenvalue weighted by Gasteiger charge is -2.23. The van der Waals surface area contributed by atoms with Crippen molar-refractivity contribution in [2.45, 2.75) is 39.2 Å². The molecule has 0 bridgehead atoms. The lowest BCUT2D eigenvalue weighted by molar-refractivity contribution is 0.0729. The van der Waals surface area contributed by atoms with Gasteiger partial charge in [-0.1, -0.05) is 13.8 Å². The highest BCUT2D eigenvalue weighted by Gasteiger charge is 2.33. The Bertz CT molecular complexity index is 443. The number of anilines is 1. The van der Waals surface area contributed by atoms with E-state index in [0.717, 1.165) is 25.8 Å². The molecule has 0 saturated heterocycles. The molecule has 0 atom stereocenters. The first kappa shape index (κ1) is 13.8. The summed E-state index contributed by atoms with van der Waals surface area (Å²) in [7, 11) is 1.77. The van der Waals surface area contributed by atoms with Crippen molar-refractivity contribution in [2.75, 3.05) is 18.9 Å². The molecule has 1 aromatic heterocycles. The van der Waals surface area contributed by atoms with E-state index in [-0.39, 0.29) is 5.91 Å². The Morgan fingerprint density at radius 3 is 2.79 bits per heavy atom. The topological polar surface area (TPSA) is 58.1 Å². The van der Waals surface area contributed by atoms with Gasteiger partial charge in [0.1, 0.15) is 11.5 Å². The summed E-state index contributed by atoms with van der Waals surface area (Å²) in [4.78, 5) is 22.8. The van der Waals surface area contributed by atoms with Crippen LogP contribution < -0.4 is 5.32 Å². The summed E-state index contributed by atoms with van der Waals surface area (Å²) in [6.45, 7) is 5.17. The maximum atomic E-state index is 12.5. The van der Waals surface area contributed by atoms with Gasteiger partial charge in [0.05, 0.1) is 12.4 Å². The molecule has 1 saturated carbocycles. The molecule has 104 valence electrons. The van der Waals surface area contributed by atoms with Crippen LogP contribution >= 0.6 is 0 Å². The average molecular weight is 262 g/mol. The van der Waals surface area contributed by atoms with Gasteiger partial charge in [0.15, 0.2) is 0 Å². The molecule has 1 aromatic rings. The van der Waals surface area contributed by atoms with Crippen LogP contribution in [0, 0.1) is 5.92 Å². The van der Waals surface area contributed by atoms with Gasteiger partial charge in [-0.3, -0.25) is 9.78 Å². The molecule has 1 aliphatic rings. The normalized spacial score (nSPS) is 14.5. The molecule has 1 fully saturated rings. The first-order chi connectivity index (χ1) is 9.11. The van der Waals surface area contributed by atoms with Gasteiger partial charge in [-0.2, -0.15) is 0 Å². The second-order valence-electron chi connectivity index (χ2n) is 5.45. The standard InChI is InChI=1S/C14H22N4O/c1-10(2)6-7-18(11-4-5-11)14(19)12-8-16-9-13(15-3)17-12/h8-11H,4-7H2,1-3H3,(H,15,17). The van der Waals surface area contributed by atoms with Gasteiger partial charge in [-0.15, -0.1) is 0 Å². The van der Waals surface area contributed by atoms with E-state index in [9.17, 15) is 4.79 Å². The summed E-state index contributed by atoms with van der Waals surface area (Å²) in [6, 6.07) is 0.409. The number of nitrogens with one attached hydrogen (secondary N) is 1. The summed E-state index contributed by atoms with van der Waals surface area (Å²) >= 11 is 0. The summed E-state index contributed by atoms with van der Waals surface area (Å²) in [6.07, 6.45) is 6.42. The molecule has 0 radical (unpaired) electrons. The predicted molar refractivity (Wildman–Crippen MR) is 75.1 cm³/mol. The Morgan fingerprint density at radius 2 is 2.21 bits per heavy atom. The highest BCUT2D eigenvalue weighted by Crippen LogP contribution is 2.28. The van der Waals surface area contributed by atoms with Crippen molar-refractivity contribution < 1.29 is 4.79 Å². The second kappa shape index (κ2) is 5.99. The SMILES string of the molecule is CNc1cncc(C(=O)N(CCC(C)C)C2CC2)n1. The molecular weight excluding hydrogens is 240 g/mol. The van der Waals surface area contributed by atoms with Crippen molar-refractivity contribution in [3.63, 3.8) is 0 Å². The van der Waals surface area contributed by atoms with Crippen LogP contribution in [0.1, 0.15) is 43.6 Å². The van der Waals surface area contributed by atoms with E-state index in [2.05, 4.69) is 29.1 Å². The predicted octanol–water partition coefficient (Wildman–Crippen LogP) is 2.17. The molecule has 0 aromatic carbocycles. The zero-order chi connectivity index (χ0) is 13.8. The highest BCUT2D eigenvalue weighted by molar-refractivity contribution is 5.92. The molecule has 0 spiro atoms. The zero-order valence-electron chi connectivity index (χ0n) is 11.9. The van der Waals surface area contributed by atoms with Gasteiger partial charge >= 0.3 is 0 Å². The van der Waals surface area contributed by atoms with Gasteiger partial charge in [0.2, 0.25) is 0 Å². The minimum Gasteiger partial charge on any atom is -0.372 e. The van der Waals surface area contributed by atoms with Crippen molar-refractivity contribution in [3.05, 3.63) is 18.1 Å². The van der Waals surface area contributed by atoms with Crippen LogP contribution in [0.5, 0.6) is 0 Å². The van der Waals surface area contributed by atoms with E-state index in [4.69, 9.17) is 0 Å². The number of hydrogen-bond donors (Lipinski definition) is 1. The minimum absolute atomic E-state index is 0.00718. The van der Waals surface area contributed by atoms with E-state index >= 15 is 0 Å². The third-order valence-electron chi connectivity index (χ3n) is 3.31. The third-order valence-corrected chi connectivity index (χ3v) is 3.31. The number of hydrogen-bond acceptors (Lipinski definition) is 4. The van der Waals surface area contributed by atoms with Gasteiger partial charge in [-0.05, 0) is 25.2 Å². The molecule has 5 heteroatoms. The smallest absolute Gasteiger partial charge is 0.274 e. The van der Waals surface area contributed by atoms with E-state index in [1.807, 2.05) is 4.90 Å². The maximum absolute atomic E-state index is 12.5. The molecule has 19 heavy (non-hydrogen) atoms. The monoisotopic (exact) mass is 262 g/mol.